The molecule has 9 rings (SSSR count). The van der Waals surface area contributed by atoms with Crippen molar-refractivity contribution in [3.63, 3.8) is 0 Å². The number of nitrogens with zero attached hydrogens (tertiary/aromatic N) is 3. The highest BCUT2D eigenvalue weighted by atomic mass is 16.5. The van der Waals surface area contributed by atoms with Crippen LogP contribution in [0.5, 0.6) is 5.75 Å². The van der Waals surface area contributed by atoms with Gasteiger partial charge in [-0.1, -0.05) is 121 Å². The van der Waals surface area contributed by atoms with Gasteiger partial charge in [-0.15, -0.1) is 0 Å². The fourth-order valence-corrected chi connectivity index (χ4v) is 7.30. The Bertz CT molecular complexity index is 2750. The predicted molar refractivity (Wildman–Crippen MR) is 212 cm³/mol. The van der Waals surface area contributed by atoms with Crippen LogP contribution in [-0.4, -0.2) is 27.8 Å². The molecule has 3 aromatic heterocycles. The van der Waals surface area contributed by atoms with Crippen LogP contribution >= 0.6 is 0 Å². The Labute approximate surface area is 300 Å². The maximum atomic E-state index is 10.7. The maximum absolute atomic E-state index is 10.7. The first-order valence-corrected chi connectivity index (χ1v) is 17.1. The highest BCUT2D eigenvalue weighted by Crippen LogP contribution is 2.48. The number of ether oxygens (including phenoxy) is 1. The lowest BCUT2D eigenvalue weighted by molar-refractivity contribution is 0.417. The molecule has 0 spiro atoms. The molecule has 5 heterocycles. The number of nitriles is 1. The van der Waals surface area contributed by atoms with Gasteiger partial charge in [-0.05, 0) is 58.7 Å². The van der Waals surface area contributed by atoms with Crippen molar-refractivity contribution in [2.45, 2.75) is 0 Å². The summed E-state index contributed by atoms with van der Waals surface area (Å²) in [5.74, 6) is 0.522. The molecule has 52 heavy (non-hydrogen) atoms. The monoisotopic (exact) mass is 669 g/mol. The van der Waals surface area contributed by atoms with Gasteiger partial charge in [0.05, 0.1) is 24.1 Å². The van der Waals surface area contributed by atoms with E-state index in [0.29, 0.717) is 17.0 Å². The van der Waals surface area contributed by atoms with Gasteiger partial charge in [0.25, 0.3) is 0 Å². The molecule has 6 heteroatoms. The van der Waals surface area contributed by atoms with E-state index in [1.807, 2.05) is 84.9 Å². The third kappa shape index (κ3) is 5.20. The number of rotatable bonds is 5. The van der Waals surface area contributed by atoms with Gasteiger partial charge < -0.3 is 14.7 Å². The number of nitrogens with one attached hydrogen (secondary N) is 2. The normalized spacial score (nSPS) is 12.0. The Hall–Kier alpha value is -7.23. The Kier molecular flexibility index (Phi) is 7.64. The lowest BCUT2D eigenvalue weighted by Gasteiger charge is -2.10. The molecule has 2 aliphatic rings. The Morgan fingerprint density at radius 3 is 1.29 bits per heavy atom. The van der Waals surface area contributed by atoms with Gasteiger partial charge in [-0.25, -0.2) is 9.98 Å². The highest BCUT2D eigenvalue weighted by Gasteiger charge is 2.28. The van der Waals surface area contributed by atoms with Crippen molar-refractivity contribution < 1.29 is 4.74 Å². The van der Waals surface area contributed by atoms with Gasteiger partial charge in [0.2, 0.25) is 0 Å². The number of aromatic amines is 2. The minimum Gasteiger partial charge on any atom is -0.494 e. The van der Waals surface area contributed by atoms with E-state index < -0.39 is 0 Å². The molecule has 4 aromatic carbocycles. The molecule has 0 amide bonds. The SMILES string of the molecule is COc1c2c(-c3ccccc3)c3ccc([nH]3)c(-c3ccccc3)c3nc(c(-c4ccccc4)c4ccc([nH]4)c(-c4ccccc4)c1C(C#N)=N2)C=C3. The van der Waals surface area contributed by atoms with Crippen LogP contribution in [0.1, 0.15) is 17.0 Å². The van der Waals surface area contributed by atoms with Crippen LogP contribution in [0, 0.1) is 11.3 Å². The molecular formula is C46H31N5O. The Balaban J connectivity index is 1.55. The molecule has 246 valence electrons. The predicted octanol–water partition coefficient (Wildman–Crippen LogP) is 11.4. The van der Waals surface area contributed by atoms with Crippen molar-refractivity contribution in [3.05, 3.63) is 163 Å². The molecule has 6 nitrogen and oxygen atoms in total. The van der Waals surface area contributed by atoms with Crippen LogP contribution in [-0.2, 0) is 0 Å². The summed E-state index contributed by atoms with van der Waals surface area (Å²) in [6.45, 7) is 0. The summed E-state index contributed by atoms with van der Waals surface area (Å²) < 4.78 is 6.30. The first-order chi connectivity index (χ1) is 25.7. The Morgan fingerprint density at radius 2 is 0.865 bits per heavy atom. The third-order valence-corrected chi connectivity index (χ3v) is 9.55. The van der Waals surface area contributed by atoms with E-state index in [1.54, 1.807) is 7.11 Å². The average Bonchev–Trinajstić information content (AvgIpc) is 4.03. The van der Waals surface area contributed by atoms with Crippen molar-refractivity contribution in [2.24, 2.45) is 4.99 Å². The van der Waals surface area contributed by atoms with E-state index in [2.05, 4.69) is 88.9 Å². The third-order valence-electron chi connectivity index (χ3n) is 9.55. The number of fused-ring (bicyclic) bond motifs is 8. The summed E-state index contributed by atoms with van der Waals surface area (Å²) in [5.41, 5.74) is 14.1. The van der Waals surface area contributed by atoms with Crippen LogP contribution in [0.2, 0.25) is 0 Å². The lowest BCUT2D eigenvalue weighted by atomic mass is 9.97. The Morgan fingerprint density at radius 1 is 0.481 bits per heavy atom. The largest absolute Gasteiger partial charge is 0.494 e. The number of hydrogen-bond donors (Lipinski definition) is 2. The number of methoxy groups -OCH3 is 1. The maximum Gasteiger partial charge on any atom is 0.156 e. The van der Waals surface area contributed by atoms with Crippen LogP contribution in [0.3, 0.4) is 0 Å². The number of H-pyrrole nitrogens is 2. The summed E-state index contributed by atoms with van der Waals surface area (Å²) >= 11 is 0. The number of benzene rings is 4. The van der Waals surface area contributed by atoms with Gasteiger partial charge in [0.15, 0.2) is 11.5 Å². The van der Waals surface area contributed by atoms with Gasteiger partial charge in [-0.3, -0.25) is 0 Å². The molecule has 7 aromatic rings. The molecular weight excluding hydrogens is 639 g/mol. The minimum atomic E-state index is 0.275. The van der Waals surface area contributed by atoms with Crippen LogP contribution in [0.4, 0.5) is 5.69 Å². The van der Waals surface area contributed by atoms with Gasteiger partial charge in [0, 0.05) is 44.3 Å². The molecule has 0 saturated heterocycles. The molecule has 8 bridgehead atoms. The zero-order valence-corrected chi connectivity index (χ0v) is 28.3. The van der Waals surface area contributed by atoms with Crippen molar-refractivity contribution in [3.8, 4) is 56.3 Å². The second kappa shape index (κ2) is 12.9. The summed E-state index contributed by atoms with van der Waals surface area (Å²) in [7, 11) is 1.65. The molecule has 0 unspecified atom stereocenters. The fraction of sp³-hybridized carbons (Fsp3) is 0.0217. The zero-order chi connectivity index (χ0) is 35.0. The van der Waals surface area contributed by atoms with Gasteiger partial charge in [-0.2, -0.15) is 5.26 Å². The molecule has 0 radical (unpaired) electrons. The van der Waals surface area contributed by atoms with Crippen LogP contribution < -0.4 is 4.74 Å². The van der Waals surface area contributed by atoms with Gasteiger partial charge in [0.1, 0.15) is 11.8 Å². The van der Waals surface area contributed by atoms with E-state index in [0.717, 1.165) is 78.0 Å². The van der Waals surface area contributed by atoms with E-state index in [4.69, 9.17) is 14.7 Å². The summed E-state index contributed by atoms with van der Waals surface area (Å²) in [5, 5.41) is 10.7. The summed E-state index contributed by atoms with van der Waals surface area (Å²) in [4.78, 5) is 17.9. The highest BCUT2D eigenvalue weighted by molar-refractivity contribution is 6.24. The smallest absolute Gasteiger partial charge is 0.156 e. The van der Waals surface area contributed by atoms with E-state index >= 15 is 0 Å². The molecule has 0 saturated carbocycles. The van der Waals surface area contributed by atoms with Crippen molar-refractivity contribution in [2.75, 3.05) is 7.11 Å². The second-order valence-electron chi connectivity index (χ2n) is 12.6. The zero-order valence-electron chi connectivity index (χ0n) is 28.3. The topological polar surface area (TPSA) is 89.8 Å². The lowest BCUT2D eigenvalue weighted by Crippen LogP contribution is -1.98. The molecule has 2 aliphatic heterocycles. The summed E-state index contributed by atoms with van der Waals surface area (Å²) in [6.07, 6.45) is 4.19. The average molecular weight is 670 g/mol. The fourth-order valence-electron chi connectivity index (χ4n) is 7.30. The first kappa shape index (κ1) is 30.8. The van der Waals surface area contributed by atoms with Crippen molar-refractivity contribution in [1.29, 1.82) is 5.26 Å². The molecule has 2 N–H and O–H groups in total. The minimum absolute atomic E-state index is 0.275. The molecule has 0 fully saturated rings. The van der Waals surface area contributed by atoms with Crippen molar-refractivity contribution in [1.82, 2.24) is 15.0 Å². The number of aromatic nitrogens is 3. The number of hydrogen-bond acceptors (Lipinski definition) is 4. The van der Waals surface area contributed by atoms with Gasteiger partial charge >= 0.3 is 0 Å². The van der Waals surface area contributed by atoms with Crippen LogP contribution in [0.15, 0.2) is 151 Å². The van der Waals surface area contributed by atoms with Crippen molar-refractivity contribution >= 4 is 45.6 Å². The summed E-state index contributed by atoms with van der Waals surface area (Å²) in [6, 6.07) is 51.6. The standard InChI is InChI=1S/C46H31N5O/c1-52-46-44-39(28-47)51-45(46)43(32-20-12-5-13-21-32)38-27-25-36(50-38)41(30-16-8-3-9-17-30)34-23-22-33(48-34)40(29-14-6-2-7-15-29)35-24-26-37(49-35)42(44)31-18-10-4-11-19-31/h2-27,49-50H,1H3. The van der Waals surface area contributed by atoms with E-state index in [1.165, 1.54) is 0 Å². The second-order valence-corrected chi connectivity index (χ2v) is 12.6. The van der Waals surface area contributed by atoms with E-state index in [9.17, 15) is 5.26 Å². The molecule has 0 atom stereocenters. The number of aliphatic imine (C=N–C) groups is 1. The first-order valence-electron chi connectivity index (χ1n) is 17.1. The molecule has 0 aliphatic carbocycles. The van der Waals surface area contributed by atoms with Crippen LogP contribution in [0.25, 0.3) is 78.7 Å². The van der Waals surface area contributed by atoms with E-state index in [-0.39, 0.29) is 5.71 Å². The quantitative estimate of drug-likeness (QED) is 0.191.